The fourth-order valence-electron chi connectivity index (χ4n) is 3.19. The zero-order valence-corrected chi connectivity index (χ0v) is 13.6. The van der Waals surface area contributed by atoms with Gasteiger partial charge in [-0.1, -0.05) is 17.4 Å². The van der Waals surface area contributed by atoms with Gasteiger partial charge < -0.3 is 15.0 Å². The van der Waals surface area contributed by atoms with E-state index in [1.54, 1.807) is 18.4 Å². The Balaban J connectivity index is 1.70. The van der Waals surface area contributed by atoms with Crippen molar-refractivity contribution in [3.05, 3.63) is 17.7 Å². The smallest absolute Gasteiger partial charge is 0.322 e. The first-order valence-corrected chi connectivity index (χ1v) is 8.17. The van der Waals surface area contributed by atoms with Crippen LogP contribution in [0.1, 0.15) is 12.0 Å². The van der Waals surface area contributed by atoms with Gasteiger partial charge in [-0.3, -0.25) is 10.1 Å². The summed E-state index contributed by atoms with van der Waals surface area (Å²) in [5.74, 6) is 0.494. The van der Waals surface area contributed by atoms with Gasteiger partial charge in [0.25, 0.3) is 5.91 Å². The highest BCUT2D eigenvalue weighted by atomic mass is 32.1. The molecular weight excluding hydrogens is 316 g/mol. The molecular formula is C15H16N4O3S. The molecule has 4 rings (SSSR count). The van der Waals surface area contributed by atoms with Crippen LogP contribution in [0.2, 0.25) is 0 Å². The Kier molecular flexibility index (Phi) is 2.99. The Morgan fingerprint density at radius 2 is 2.22 bits per heavy atom. The Morgan fingerprint density at radius 1 is 1.39 bits per heavy atom. The summed E-state index contributed by atoms with van der Waals surface area (Å²) in [6, 6.07) is 3.51. The highest BCUT2D eigenvalue weighted by Gasteiger charge is 2.51. The van der Waals surface area contributed by atoms with Crippen molar-refractivity contribution < 1.29 is 14.3 Å². The molecule has 2 saturated heterocycles. The number of hydrogen-bond acceptors (Lipinski definition) is 6. The van der Waals surface area contributed by atoms with Crippen molar-refractivity contribution >= 4 is 38.6 Å². The van der Waals surface area contributed by atoms with Crippen molar-refractivity contribution in [3.8, 4) is 5.75 Å². The summed E-state index contributed by atoms with van der Waals surface area (Å²) >= 11 is 1.59. The Hall–Kier alpha value is -2.35. The minimum atomic E-state index is -0.825. The quantitative estimate of drug-likeness (QED) is 0.812. The lowest BCUT2D eigenvalue weighted by molar-refractivity contribution is -0.123. The van der Waals surface area contributed by atoms with Crippen LogP contribution in [0.3, 0.4) is 0 Å². The Morgan fingerprint density at radius 3 is 2.91 bits per heavy atom. The van der Waals surface area contributed by atoms with Crippen LogP contribution in [0.15, 0.2) is 12.1 Å². The largest absolute Gasteiger partial charge is 0.494 e. The van der Waals surface area contributed by atoms with Gasteiger partial charge >= 0.3 is 6.03 Å². The number of ether oxygens (including phenoxy) is 1. The van der Waals surface area contributed by atoms with Crippen LogP contribution in [0, 0.1) is 6.92 Å². The molecule has 120 valence electrons. The van der Waals surface area contributed by atoms with E-state index in [9.17, 15) is 9.59 Å². The molecule has 2 aliphatic rings. The maximum atomic E-state index is 12.1. The molecule has 0 saturated carbocycles. The summed E-state index contributed by atoms with van der Waals surface area (Å²) in [7, 11) is 1.63. The maximum absolute atomic E-state index is 12.1. The maximum Gasteiger partial charge on any atom is 0.322 e. The minimum absolute atomic E-state index is 0.250. The lowest BCUT2D eigenvalue weighted by atomic mass is 10.00. The highest BCUT2D eigenvalue weighted by Crippen LogP contribution is 2.38. The van der Waals surface area contributed by atoms with Crippen molar-refractivity contribution in [3.63, 3.8) is 0 Å². The standard InChI is InChI=1S/C15H16N4O3S/c1-8-3-4-9(22-2)10-11(8)23-14(16-10)19-6-5-15(7-19)12(20)17-13(21)18-15/h3-4H,5-7H2,1-2H3,(H2,17,18,20,21). The van der Waals surface area contributed by atoms with E-state index in [0.29, 0.717) is 19.5 Å². The van der Waals surface area contributed by atoms with E-state index in [-0.39, 0.29) is 5.91 Å². The van der Waals surface area contributed by atoms with Gasteiger partial charge in [0.2, 0.25) is 0 Å². The number of aromatic nitrogens is 1. The van der Waals surface area contributed by atoms with E-state index < -0.39 is 11.6 Å². The summed E-state index contributed by atoms with van der Waals surface area (Å²) in [6.07, 6.45) is 0.580. The SMILES string of the molecule is COc1ccc(C)c2sc(N3CCC4(C3)NC(=O)NC4=O)nc12. The fraction of sp³-hybridized carbons (Fsp3) is 0.400. The lowest BCUT2D eigenvalue weighted by Crippen LogP contribution is -2.49. The molecule has 0 radical (unpaired) electrons. The predicted molar refractivity (Wildman–Crippen MR) is 87.1 cm³/mol. The second-order valence-corrected chi connectivity index (χ2v) is 6.90. The number of aryl methyl sites for hydroxylation is 1. The average Bonchev–Trinajstić information content (AvgIpc) is 3.19. The molecule has 7 nitrogen and oxygen atoms in total. The normalized spacial score (nSPS) is 23.7. The molecule has 8 heteroatoms. The monoisotopic (exact) mass is 332 g/mol. The second kappa shape index (κ2) is 4.82. The van der Waals surface area contributed by atoms with Crippen molar-refractivity contribution in [2.24, 2.45) is 0 Å². The van der Waals surface area contributed by atoms with E-state index in [1.807, 2.05) is 19.1 Å². The number of anilines is 1. The Labute approximate surface area is 136 Å². The third-order valence-corrected chi connectivity index (χ3v) is 5.72. The van der Waals surface area contributed by atoms with Gasteiger partial charge in [-0.05, 0) is 25.0 Å². The lowest BCUT2D eigenvalue weighted by Gasteiger charge is -2.20. The van der Waals surface area contributed by atoms with E-state index >= 15 is 0 Å². The number of thiazole rings is 1. The summed E-state index contributed by atoms with van der Waals surface area (Å²) in [6.45, 7) is 3.15. The van der Waals surface area contributed by atoms with Crippen LogP contribution in [0.4, 0.5) is 9.93 Å². The van der Waals surface area contributed by atoms with E-state index in [0.717, 1.165) is 26.7 Å². The van der Waals surface area contributed by atoms with Gasteiger partial charge in [-0.25, -0.2) is 9.78 Å². The molecule has 23 heavy (non-hydrogen) atoms. The molecule has 0 aliphatic carbocycles. The number of fused-ring (bicyclic) bond motifs is 1. The van der Waals surface area contributed by atoms with Crippen LogP contribution in [-0.2, 0) is 4.79 Å². The number of imide groups is 1. The predicted octanol–water partition coefficient (Wildman–Crippen LogP) is 1.40. The molecule has 1 unspecified atom stereocenters. The minimum Gasteiger partial charge on any atom is -0.494 e. The van der Waals surface area contributed by atoms with Crippen LogP contribution < -0.4 is 20.3 Å². The van der Waals surface area contributed by atoms with E-state index in [2.05, 4.69) is 15.5 Å². The number of hydrogen-bond donors (Lipinski definition) is 2. The molecule has 2 aliphatic heterocycles. The first-order chi connectivity index (χ1) is 11.0. The number of benzene rings is 1. The third kappa shape index (κ3) is 2.05. The van der Waals surface area contributed by atoms with Crippen LogP contribution in [0.25, 0.3) is 10.2 Å². The topological polar surface area (TPSA) is 83.6 Å². The van der Waals surface area contributed by atoms with Crippen LogP contribution >= 0.6 is 11.3 Å². The number of amides is 3. The van der Waals surface area contributed by atoms with Crippen molar-refractivity contribution in [2.75, 3.05) is 25.1 Å². The zero-order chi connectivity index (χ0) is 16.2. The molecule has 2 N–H and O–H groups in total. The summed E-state index contributed by atoms with van der Waals surface area (Å²) in [4.78, 5) is 30.2. The number of nitrogens with zero attached hydrogens (tertiary/aromatic N) is 2. The van der Waals surface area contributed by atoms with Crippen LogP contribution in [0.5, 0.6) is 5.75 Å². The molecule has 1 atom stereocenters. The number of carbonyl (C=O) groups excluding carboxylic acids is 2. The molecule has 1 aromatic heterocycles. The number of carbonyl (C=O) groups is 2. The number of methoxy groups -OCH3 is 1. The first-order valence-electron chi connectivity index (χ1n) is 7.35. The molecule has 1 aromatic carbocycles. The number of rotatable bonds is 2. The molecule has 1 spiro atoms. The first kappa shape index (κ1) is 14.3. The number of urea groups is 1. The van der Waals surface area contributed by atoms with Gasteiger partial charge in [-0.2, -0.15) is 0 Å². The highest BCUT2D eigenvalue weighted by molar-refractivity contribution is 7.22. The van der Waals surface area contributed by atoms with Crippen molar-refractivity contribution in [1.82, 2.24) is 15.6 Å². The summed E-state index contributed by atoms with van der Waals surface area (Å²) < 4.78 is 6.47. The fourth-order valence-corrected chi connectivity index (χ4v) is 4.26. The van der Waals surface area contributed by atoms with Gasteiger partial charge in [0.1, 0.15) is 16.8 Å². The van der Waals surface area contributed by atoms with E-state index in [4.69, 9.17) is 9.72 Å². The average molecular weight is 332 g/mol. The van der Waals surface area contributed by atoms with Gasteiger partial charge in [0, 0.05) is 6.54 Å². The van der Waals surface area contributed by atoms with Gasteiger partial charge in [-0.15, -0.1) is 0 Å². The second-order valence-electron chi connectivity index (χ2n) is 5.92. The third-order valence-electron chi connectivity index (χ3n) is 4.47. The Bertz CT molecular complexity index is 833. The molecule has 3 amide bonds. The molecule has 0 bridgehead atoms. The van der Waals surface area contributed by atoms with Gasteiger partial charge in [0.15, 0.2) is 5.13 Å². The van der Waals surface area contributed by atoms with Crippen LogP contribution in [-0.4, -0.2) is 42.7 Å². The molecule has 2 aromatic rings. The molecule has 2 fully saturated rings. The van der Waals surface area contributed by atoms with Crippen molar-refractivity contribution in [1.29, 1.82) is 0 Å². The zero-order valence-electron chi connectivity index (χ0n) is 12.8. The summed E-state index contributed by atoms with van der Waals surface area (Å²) in [5.41, 5.74) is 1.16. The van der Waals surface area contributed by atoms with Crippen molar-refractivity contribution in [2.45, 2.75) is 18.9 Å². The number of nitrogens with one attached hydrogen (secondary N) is 2. The summed E-state index contributed by atoms with van der Waals surface area (Å²) in [5, 5.41) is 5.93. The van der Waals surface area contributed by atoms with Gasteiger partial charge in [0.05, 0.1) is 18.4 Å². The molecule has 3 heterocycles. The van der Waals surface area contributed by atoms with E-state index in [1.165, 1.54) is 0 Å².